The minimum absolute atomic E-state index is 0.0361. The lowest BCUT2D eigenvalue weighted by atomic mass is 10.1. The summed E-state index contributed by atoms with van der Waals surface area (Å²) in [7, 11) is 0. The van der Waals surface area contributed by atoms with Gasteiger partial charge in [0.05, 0.1) is 11.5 Å². The van der Waals surface area contributed by atoms with E-state index >= 15 is 0 Å². The largest absolute Gasteiger partial charge is 0.343 e. The Morgan fingerprint density at radius 1 is 1.27 bits per heavy atom. The number of halogens is 1. The van der Waals surface area contributed by atoms with Crippen LogP contribution in [0.3, 0.4) is 0 Å². The summed E-state index contributed by atoms with van der Waals surface area (Å²) in [5, 5.41) is 17.9. The van der Waals surface area contributed by atoms with Crippen molar-refractivity contribution in [1.29, 1.82) is 0 Å². The number of benzene rings is 2. The number of hydrogen-bond acceptors (Lipinski definition) is 6. The van der Waals surface area contributed by atoms with Crippen LogP contribution in [0.15, 0.2) is 47.0 Å². The van der Waals surface area contributed by atoms with Crippen molar-refractivity contribution in [2.75, 3.05) is 0 Å². The first kappa shape index (κ1) is 17.6. The van der Waals surface area contributed by atoms with Gasteiger partial charge in [0.25, 0.3) is 11.6 Å². The first-order chi connectivity index (χ1) is 12.4. The Balaban J connectivity index is 1.66. The van der Waals surface area contributed by atoms with Crippen LogP contribution >= 0.6 is 11.6 Å². The van der Waals surface area contributed by atoms with Gasteiger partial charge in [-0.2, -0.15) is 4.98 Å². The fourth-order valence-electron chi connectivity index (χ4n) is 2.30. The summed E-state index contributed by atoms with van der Waals surface area (Å²) >= 11 is 5.84. The first-order valence-corrected chi connectivity index (χ1v) is 7.93. The lowest BCUT2D eigenvalue weighted by Crippen LogP contribution is -2.23. The van der Waals surface area contributed by atoms with Gasteiger partial charge in [-0.15, -0.1) is 0 Å². The van der Waals surface area contributed by atoms with Crippen molar-refractivity contribution in [2.45, 2.75) is 13.5 Å². The molecule has 9 heteroatoms. The van der Waals surface area contributed by atoms with Crippen molar-refractivity contribution in [1.82, 2.24) is 15.5 Å². The molecule has 0 fully saturated rings. The summed E-state index contributed by atoms with van der Waals surface area (Å²) in [6.45, 7) is 1.61. The van der Waals surface area contributed by atoms with Gasteiger partial charge in [-0.25, -0.2) is 0 Å². The highest BCUT2D eigenvalue weighted by Gasteiger charge is 2.15. The molecule has 0 bridgehead atoms. The number of hydrogen-bond donors (Lipinski definition) is 1. The number of nitro benzene ring substituents is 1. The molecule has 0 spiro atoms. The van der Waals surface area contributed by atoms with Crippen LogP contribution in [-0.2, 0) is 6.54 Å². The molecule has 8 nitrogen and oxygen atoms in total. The number of carbonyl (C=O) groups is 1. The van der Waals surface area contributed by atoms with Crippen LogP contribution in [0.4, 0.5) is 5.69 Å². The molecule has 3 aromatic rings. The molecule has 1 N–H and O–H groups in total. The average molecular weight is 373 g/mol. The van der Waals surface area contributed by atoms with Gasteiger partial charge in [-0.1, -0.05) is 16.8 Å². The summed E-state index contributed by atoms with van der Waals surface area (Å²) in [5.74, 6) is 0.230. The Morgan fingerprint density at radius 3 is 2.65 bits per heavy atom. The number of aryl methyl sites for hydroxylation is 1. The number of amides is 1. The highest BCUT2D eigenvalue weighted by molar-refractivity contribution is 6.30. The van der Waals surface area contributed by atoms with Crippen molar-refractivity contribution in [3.8, 4) is 11.4 Å². The third-order valence-corrected chi connectivity index (χ3v) is 3.88. The highest BCUT2D eigenvalue weighted by atomic mass is 35.5. The predicted octanol–water partition coefficient (Wildman–Crippen LogP) is 3.54. The quantitative estimate of drug-likeness (QED) is 0.541. The topological polar surface area (TPSA) is 111 Å². The Bertz CT molecular complexity index is 969. The molecule has 0 aliphatic heterocycles. The molecule has 0 saturated heterocycles. The van der Waals surface area contributed by atoms with Crippen LogP contribution in [0.2, 0.25) is 5.02 Å². The van der Waals surface area contributed by atoms with Crippen molar-refractivity contribution in [3.63, 3.8) is 0 Å². The normalized spacial score (nSPS) is 10.5. The van der Waals surface area contributed by atoms with Gasteiger partial charge in [0.15, 0.2) is 0 Å². The molecule has 2 aromatic carbocycles. The monoisotopic (exact) mass is 372 g/mol. The molecule has 1 amide bonds. The molecule has 0 atom stereocenters. The molecular weight excluding hydrogens is 360 g/mol. The maximum Gasteiger partial charge on any atom is 0.272 e. The van der Waals surface area contributed by atoms with Gasteiger partial charge >= 0.3 is 0 Å². The molecule has 132 valence electrons. The lowest BCUT2D eigenvalue weighted by Gasteiger charge is -2.04. The maximum absolute atomic E-state index is 12.2. The van der Waals surface area contributed by atoms with Gasteiger partial charge in [0.2, 0.25) is 11.7 Å². The lowest BCUT2D eigenvalue weighted by molar-refractivity contribution is -0.385. The zero-order chi connectivity index (χ0) is 18.7. The molecule has 0 saturated carbocycles. The Labute approximate surface area is 152 Å². The zero-order valence-electron chi connectivity index (χ0n) is 13.6. The number of nitro groups is 1. The standard InChI is InChI=1S/C17H13ClN4O4/c1-10-8-12(4-7-14(10)22(24)25)17(23)19-9-15-20-16(21-26-15)11-2-5-13(18)6-3-11/h2-8H,9H2,1H3,(H,19,23). The van der Waals surface area contributed by atoms with Crippen LogP contribution < -0.4 is 5.32 Å². The van der Waals surface area contributed by atoms with E-state index in [1.807, 2.05) is 0 Å². The molecule has 0 radical (unpaired) electrons. The smallest absolute Gasteiger partial charge is 0.272 e. The Kier molecular flexibility index (Phi) is 4.94. The highest BCUT2D eigenvalue weighted by Crippen LogP contribution is 2.20. The molecule has 1 heterocycles. The van der Waals surface area contributed by atoms with Crippen LogP contribution in [-0.4, -0.2) is 21.0 Å². The SMILES string of the molecule is Cc1cc(C(=O)NCc2nc(-c3ccc(Cl)cc3)no2)ccc1[N+](=O)[O-]. The van der Waals surface area contributed by atoms with Crippen molar-refractivity contribution in [2.24, 2.45) is 0 Å². The van der Waals surface area contributed by atoms with Gasteiger partial charge in [0, 0.05) is 27.8 Å². The van der Waals surface area contributed by atoms with E-state index in [2.05, 4.69) is 15.5 Å². The van der Waals surface area contributed by atoms with Crippen LogP contribution in [0.25, 0.3) is 11.4 Å². The van der Waals surface area contributed by atoms with E-state index in [4.69, 9.17) is 16.1 Å². The van der Waals surface area contributed by atoms with E-state index in [-0.39, 0.29) is 18.1 Å². The maximum atomic E-state index is 12.2. The van der Waals surface area contributed by atoms with Gasteiger partial charge < -0.3 is 9.84 Å². The molecule has 26 heavy (non-hydrogen) atoms. The number of rotatable bonds is 5. The van der Waals surface area contributed by atoms with E-state index in [9.17, 15) is 14.9 Å². The number of nitrogens with one attached hydrogen (secondary N) is 1. The van der Waals surface area contributed by atoms with E-state index < -0.39 is 10.8 Å². The molecule has 0 unspecified atom stereocenters. The minimum atomic E-state index is -0.492. The van der Waals surface area contributed by atoms with Crippen molar-refractivity contribution < 1.29 is 14.2 Å². The predicted molar refractivity (Wildman–Crippen MR) is 93.7 cm³/mol. The van der Waals surface area contributed by atoms with Gasteiger partial charge in [0.1, 0.15) is 0 Å². The summed E-state index contributed by atoms with van der Waals surface area (Å²) < 4.78 is 5.11. The Morgan fingerprint density at radius 2 is 2.00 bits per heavy atom. The zero-order valence-corrected chi connectivity index (χ0v) is 14.4. The molecular formula is C17H13ClN4O4. The number of aromatic nitrogens is 2. The minimum Gasteiger partial charge on any atom is -0.343 e. The van der Waals surface area contributed by atoms with E-state index in [1.54, 1.807) is 31.2 Å². The third-order valence-electron chi connectivity index (χ3n) is 3.63. The molecule has 3 rings (SSSR count). The summed E-state index contributed by atoms with van der Waals surface area (Å²) in [5.41, 5.74) is 1.42. The third kappa shape index (κ3) is 3.86. The van der Waals surface area contributed by atoms with Crippen LogP contribution in [0, 0.1) is 17.0 Å². The van der Waals surface area contributed by atoms with Gasteiger partial charge in [-0.05, 0) is 43.3 Å². The van der Waals surface area contributed by atoms with Crippen molar-refractivity contribution in [3.05, 3.63) is 74.6 Å². The van der Waals surface area contributed by atoms with Gasteiger partial charge in [-0.3, -0.25) is 14.9 Å². The molecule has 0 aliphatic carbocycles. The second kappa shape index (κ2) is 7.32. The van der Waals surface area contributed by atoms with Crippen LogP contribution in [0.5, 0.6) is 0 Å². The molecule has 1 aromatic heterocycles. The summed E-state index contributed by atoms with van der Waals surface area (Å²) in [6.07, 6.45) is 0. The number of nitrogens with zero attached hydrogens (tertiary/aromatic N) is 3. The van der Waals surface area contributed by atoms with E-state index in [0.717, 1.165) is 5.56 Å². The van der Waals surface area contributed by atoms with E-state index in [0.29, 0.717) is 22.0 Å². The number of carbonyl (C=O) groups excluding carboxylic acids is 1. The van der Waals surface area contributed by atoms with E-state index in [1.165, 1.54) is 18.2 Å². The fourth-order valence-corrected chi connectivity index (χ4v) is 2.43. The summed E-state index contributed by atoms with van der Waals surface area (Å²) in [4.78, 5) is 26.7. The Hall–Kier alpha value is -3.26. The second-order valence-electron chi connectivity index (χ2n) is 5.46. The average Bonchev–Trinajstić information content (AvgIpc) is 3.09. The molecule has 0 aliphatic rings. The first-order valence-electron chi connectivity index (χ1n) is 7.56. The fraction of sp³-hybridized carbons (Fsp3) is 0.118. The summed E-state index contributed by atoms with van der Waals surface area (Å²) in [6, 6.07) is 11.1. The van der Waals surface area contributed by atoms with Crippen LogP contribution in [0.1, 0.15) is 21.8 Å². The second-order valence-corrected chi connectivity index (χ2v) is 5.90. The van der Waals surface area contributed by atoms with Crippen molar-refractivity contribution >= 4 is 23.2 Å².